The molecule has 3 N–H and O–H groups in total. The predicted octanol–water partition coefficient (Wildman–Crippen LogP) is 2.31. The molecule has 2 amide bonds. The molecular formula is C16H16N2O3. The molecule has 0 saturated heterocycles. The van der Waals surface area contributed by atoms with Crippen LogP contribution in [0.5, 0.6) is 0 Å². The third kappa shape index (κ3) is 4.35. The summed E-state index contributed by atoms with van der Waals surface area (Å²) in [5.74, 6) is -1.10. The first-order chi connectivity index (χ1) is 10.2. The Morgan fingerprint density at radius 2 is 1.52 bits per heavy atom. The van der Waals surface area contributed by atoms with Crippen LogP contribution in [-0.4, -0.2) is 17.1 Å². The molecule has 0 aliphatic rings. The van der Waals surface area contributed by atoms with E-state index in [1.165, 1.54) is 0 Å². The second kappa shape index (κ2) is 7.09. The van der Waals surface area contributed by atoms with E-state index in [-0.39, 0.29) is 0 Å². The SMILES string of the molecule is O=C(NCc1ccccc1)NC(C(=O)O)c1ccccc1. The number of carbonyl (C=O) groups is 2. The zero-order chi connectivity index (χ0) is 15.1. The summed E-state index contributed by atoms with van der Waals surface area (Å²) < 4.78 is 0. The van der Waals surface area contributed by atoms with Gasteiger partial charge in [0.1, 0.15) is 0 Å². The first kappa shape index (κ1) is 14.6. The summed E-state index contributed by atoms with van der Waals surface area (Å²) in [6, 6.07) is 16.4. The molecule has 0 fully saturated rings. The predicted molar refractivity (Wildman–Crippen MR) is 78.6 cm³/mol. The van der Waals surface area contributed by atoms with Crippen molar-refractivity contribution >= 4 is 12.0 Å². The largest absolute Gasteiger partial charge is 0.479 e. The highest BCUT2D eigenvalue weighted by atomic mass is 16.4. The van der Waals surface area contributed by atoms with Gasteiger partial charge in [-0.25, -0.2) is 9.59 Å². The Morgan fingerprint density at radius 3 is 2.10 bits per heavy atom. The number of hydrogen-bond donors (Lipinski definition) is 3. The van der Waals surface area contributed by atoms with E-state index < -0.39 is 18.0 Å². The van der Waals surface area contributed by atoms with E-state index in [4.69, 9.17) is 0 Å². The van der Waals surface area contributed by atoms with E-state index in [1.54, 1.807) is 30.3 Å². The van der Waals surface area contributed by atoms with Crippen molar-refractivity contribution in [3.05, 3.63) is 71.8 Å². The molecule has 2 aromatic carbocycles. The summed E-state index contributed by atoms with van der Waals surface area (Å²) in [5.41, 5.74) is 1.47. The molecule has 1 atom stereocenters. The Hall–Kier alpha value is -2.82. The minimum Gasteiger partial charge on any atom is -0.479 e. The van der Waals surface area contributed by atoms with Crippen LogP contribution in [0, 0.1) is 0 Å². The van der Waals surface area contributed by atoms with Crippen molar-refractivity contribution in [3.8, 4) is 0 Å². The van der Waals surface area contributed by atoms with Crippen LogP contribution in [0.25, 0.3) is 0 Å². The monoisotopic (exact) mass is 284 g/mol. The lowest BCUT2D eigenvalue weighted by atomic mass is 10.1. The van der Waals surface area contributed by atoms with Crippen LogP contribution >= 0.6 is 0 Å². The molecule has 2 aromatic rings. The summed E-state index contributed by atoms with van der Waals surface area (Å²) in [4.78, 5) is 23.1. The van der Waals surface area contributed by atoms with Crippen LogP contribution in [-0.2, 0) is 11.3 Å². The maximum atomic E-state index is 11.8. The van der Waals surface area contributed by atoms with Crippen molar-refractivity contribution in [3.63, 3.8) is 0 Å². The van der Waals surface area contributed by atoms with Crippen molar-refractivity contribution < 1.29 is 14.7 Å². The van der Waals surface area contributed by atoms with Crippen molar-refractivity contribution in [1.82, 2.24) is 10.6 Å². The van der Waals surface area contributed by atoms with Crippen LogP contribution in [0.3, 0.4) is 0 Å². The van der Waals surface area contributed by atoms with E-state index in [0.717, 1.165) is 5.56 Å². The van der Waals surface area contributed by atoms with Crippen molar-refractivity contribution in [2.75, 3.05) is 0 Å². The minimum atomic E-state index is -1.10. The number of carboxylic acid groups (broad SMARTS) is 1. The Morgan fingerprint density at radius 1 is 0.952 bits per heavy atom. The average Bonchev–Trinajstić information content (AvgIpc) is 2.52. The van der Waals surface area contributed by atoms with E-state index in [1.807, 2.05) is 30.3 Å². The Balaban J connectivity index is 1.95. The number of amides is 2. The molecule has 1 unspecified atom stereocenters. The van der Waals surface area contributed by atoms with Gasteiger partial charge < -0.3 is 15.7 Å². The van der Waals surface area contributed by atoms with Gasteiger partial charge in [0.05, 0.1) is 0 Å². The molecule has 0 aliphatic carbocycles. The Kier molecular flexibility index (Phi) is 4.93. The zero-order valence-electron chi connectivity index (χ0n) is 11.3. The van der Waals surface area contributed by atoms with E-state index in [0.29, 0.717) is 12.1 Å². The third-order valence-electron chi connectivity index (χ3n) is 2.95. The number of carboxylic acids is 1. The molecule has 0 heterocycles. The first-order valence-corrected chi connectivity index (χ1v) is 6.53. The molecular weight excluding hydrogens is 268 g/mol. The van der Waals surface area contributed by atoms with Crippen LogP contribution in [0.2, 0.25) is 0 Å². The first-order valence-electron chi connectivity index (χ1n) is 6.53. The maximum absolute atomic E-state index is 11.8. The number of carbonyl (C=O) groups excluding carboxylic acids is 1. The van der Waals surface area contributed by atoms with Crippen LogP contribution in [0.4, 0.5) is 4.79 Å². The number of aliphatic carboxylic acids is 1. The zero-order valence-corrected chi connectivity index (χ0v) is 11.3. The minimum absolute atomic E-state index is 0.341. The van der Waals surface area contributed by atoms with Gasteiger partial charge in [-0.05, 0) is 11.1 Å². The fourth-order valence-electron chi connectivity index (χ4n) is 1.89. The summed E-state index contributed by atoms with van der Waals surface area (Å²) in [7, 11) is 0. The molecule has 108 valence electrons. The van der Waals surface area contributed by atoms with Gasteiger partial charge in [0.15, 0.2) is 6.04 Å². The van der Waals surface area contributed by atoms with E-state index in [2.05, 4.69) is 10.6 Å². The van der Waals surface area contributed by atoms with Gasteiger partial charge in [-0.2, -0.15) is 0 Å². The van der Waals surface area contributed by atoms with Crippen molar-refractivity contribution in [1.29, 1.82) is 0 Å². The smallest absolute Gasteiger partial charge is 0.330 e. The number of benzene rings is 2. The quantitative estimate of drug-likeness (QED) is 0.788. The molecule has 5 nitrogen and oxygen atoms in total. The normalized spacial score (nSPS) is 11.4. The number of hydrogen-bond acceptors (Lipinski definition) is 2. The molecule has 2 rings (SSSR count). The van der Waals surface area contributed by atoms with Gasteiger partial charge in [-0.15, -0.1) is 0 Å². The van der Waals surface area contributed by atoms with Crippen LogP contribution < -0.4 is 10.6 Å². The van der Waals surface area contributed by atoms with Crippen LogP contribution in [0.1, 0.15) is 17.2 Å². The highest BCUT2D eigenvalue weighted by Crippen LogP contribution is 2.12. The van der Waals surface area contributed by atoms with Crippen LogP contribution in [0.15, 0.2) is 60.7 Å². The van der Waals surface area contributed by atoms with Gasteiger partial charge in [0.2, 0.25) is 0 Å². The molecule has 0 aliphatic heterocycles. The van der Waals surface area contributed by atoms with E-state index >= 15 is 0 Å². The van der Waals surface area contributed by atoms with Gasteiger partial charge in [-0.3, -0.25) is 0 Å². The second-order valence-corrected chi connectivity index (χ2v) is 4.49. The fraction of sp³-hybridized carbons (Fsp3) is 0.125. The topological polar surface area (TPSA) is 78.4 Å². The van der Waals surface area contributed by atoms with Gasteiger partial charge in [-0.1, -0.05) is 60.7 Å². The Bertz CT molecular complexity index is 599. The second-order valence-electron chi connectivity index (χ2n) is 4.49. The molecule has 0 bridgehead atoms. The average molecular weight is 284 g/mol. The van der Waals surface area contributed by atoms with Crippen molar-refractivity contribution in [2.45, 2.75) is 12.6 Å². The fourth-order valence-corrected chi connectivity index (χ4v) is 1.89. The summed E-state index contributed by atoms with van der Waals surface area (Å²) in [6.45, 7) is 0.341. The molecule has 0 saturated carbocycles. The van der Waals surface area contributed by atoms with Gasteiger partial charge >= 0.3 is 12.0 Å². The lowest BCUT2D eigenvalue weighted by Gasteiger charge is -2.15. The van der Waals surface area contributed by atoms with Gasteiger partial charge in [0.25, 0.3) is 0 Å². The summed E-state index contributed by atoms with van der Waals surface area (Å²) in [6.07, 6.45) is 0. The highest BCUT2D eigenvalue weighted by molar-refractivity contribution is 5.83. The number of nitrogens with one attached hydrogen (secondary N) is 2. The standard InChI is InChI=1S/C16H16N2O3/c19-15(20)14(13-9-5-2-6-10-13)18-16(21)17-11-12-7-3-1-4-8-12/h1-10,14H,11H2,(H,19,20)(H2,17,18,21). The lowest BCUT2D eigenvalue weighted by Crippen LogP contribution is -2.40. The molecule has 0 radical (unpaired) electrons. The Labute approximate surface area is 122 Å². The van der Waals surface area contributed by atoms with E-state index in [9.17, 15) is 14.7 Å². The number of rotatable bonds is 5. The summed E-state index contributed by atoms with van der Waals surface area (Å²) >= 11 is 0. The molecule has 0 spiro atoms. The maximum Gasteiger partial charge on any atom is 0.330 e. The van der Waals surface area contributed by atoms with Gasteiger partial charge in [0, 0.05) is 6.54 Å². The third-order valence-corrected chi connectivity index (χ3v) is 2.95. The lowest BCUT2D eigenvalue weighted by molar-refractivity contribution is -0.139. The molecule has 5 heteroatoms. The molecule has 21 heavy (non-hydrogen) atoms. The number of urea groups is 1. The summed E-state index contributed by atoms with van der Waals surface area (Å²) in [5, 5.41) is 14.3. The molecule has 0 aromatic heterocycles. The van der Waals surface area contributed by atoms with Crippen molar-refractivity contribution in [2.24, 2.45) is 0 Å². The highest BCUT2D eigenvalue weighted by Gasteiger charge is 2.21.